The molecule has 90 valence electrons. The van der Waals surface area contributed by atoms with Crippen LogP contribution in [0.4, 0.5) is 5.69 Å². The Bertz CT molecular complexity index is 702. The largest absolute Gasteiger partial charge is 0.351 e. The van der Waals surface area contributed by atoms with E-state index in [4.69, 9.17) is 0 Å². The van der Waals surface area contributed by atoms with Crippen LogP contribution in [0.15, 0.2) is 36.7 Å². The lowest BCUT2D eigenvalue weighted by atomic mass is 10.2. The summed E-state index contributed by atoms with van der Waals surface area (Å²) in [6.07, 6.45) is 3.19. The number of benzene rings is 1. The summed E-state index contributed by atoms with van der Waals surface area (Å²) in [7, 11) is 0. The number of anilines is 1. The second-order valence-corrected chi connectivity index (χ2v) is 5.10. The third kappa shape index (κ3) is 2.10. The van der Waals surface area contributed by atoms with Gasteiger partial charge < -0.3 is 10.3 Å². The molecule has 5 nitrogen and oxygen atoms in total. The van der Waals surface area contributed by atoms with Crippen LogP contribution in [0.25, 0.3) is 10.9 Å². The lowest BCUT2D eigenvalue weighted by molar-refractivity contribution is 0.102. The smallest absolute Gasteiger partial charge is 0.272 e. The van der Waals surface area contributed by atoms with E-state index in [2.05, 4.69) is 43.1 Å². The molecule has 0 aliphatic carbocycles. The van der Waals surface area contributed by atoms with E-state index < -0.39 is 0 Å². The Labute approximate surface area is 116 Å². The molecule has 0 saturated heterocycles. The number of aromatic nitrogens is 3. The number of fused-ring (bicyclic) bond motifs is 1. The van der Waals surface area contributed by atoms with E-state index in [1.165, 1.54) is 0 Å². The number of aromatic amines is 2. The number of hydrogen-bond acceptors (Lipinski definition) is 2. The molecule has 0 atom stereocenters. The van der Waals surface area contributed by atoms with Crippen LogP contribution in [0.1, 0.15) is 10.5 Å². The fourth-order valence-corrected chi connectivity index (χ4v) is 2.26. The molecule has 2 heterocycles. The van der Waals surface area contributed by atoms with Gasteiger partial charge in [-0.1, -0.05) is 0 Å². The monoisotopic (exact) mass is 352 g/mol. The van der Waals surface area contributed by atoms with Crippen molar-refractivity contribution in [3.8, 4) is 0 Å². The van der Waals surface area contributed by atoms with Crippen molar-refractivity contribution in [1.82, 2.24) is 15.2 Å². The molecule has 2 aromatic heterocycles. The molecule has 0 bridgehead atoms. The maximum absolute atomic E-state index is 12.0. The predicted octanol–water partition coefficient (Wildman–Crippen LogP) is 2.75. The van der Waals surface area contributed by atoms with Crippen molar-refractivity contribution >= 4 is 45.1 Å². The van der Waals surface area contributed by atoms with Crippen LogP contribution < -0.4 is 5.32 Å². The van der Waals surface area contributed by atoms with Crippen molar-refractivity contribution in [3.63, 3.8) is 0 Å². The number of rotatable bonds is 2. The van der Waals surface area contributed by atoms with Gasteiger partial charge in [0.05, 0.1) is 11.9 Å². The predicted molar refractivity (Wildman–Crippen MR) is 77.6 cm³/mol. The molecule has 0 radical (unpaired) electrons. The van der Waals surface area contributed by atoms with Gasteiger partial charge >= 0.3 is 0 Å². The van der Waals surface area contributed by atoms with Crippen molar-refractivity contribution in [2.75, 3.05) is 5.32 Å². The summed E-state index contributed by atoms with van der Waals surface area (Å²) < 4.78 is 1.14. The van der Waals surface area contributed by atoms with Crippen LogP contribution >= 0.6 is 22.6 Å². The van der Waals surface area contributed by atoms with Gasteiger partial charge in [-0.15, -0.1) is 0 Å². The Morgan fingerprint density at radius 1 is 1.33 bits per heavy atom. The molecule has 0 fully saturated rings. The zero-order valence-corrected chi connectivity index (χ0v) is 11.4. The van der Waals surface area contributed by atoms with E-state index in [0.717, 1.165) is 14.5 Å². The van der Waals surface area contributed by atoms with Crippen molar-refractivity contribution < 1.29 is 4.79 Å². The van der Waals surface area contributed by atoms with Gasteiger partial charge in [0, 0.05) is 20.7 Å². The van der Waals surface area contributed by atoms with Gasteiger partial charge in [-0.25, -0.2) is 0 Å². The fraction of sp³-hybridized carbons (Fsp3) is 0. The van der Waals surface area contributed by atoms with Crippen molar-refractivity contribution in [3.05, 3.63) is 45.9 Å². The lowest BCUT2D eigenvalue weighted by Gasteiger charge is -1.98. The summed E-state index contributed by atoms with van der Waals surface area (Å²) >= 11 is 2.25. The molecule has 3 N–H and O–H groups in total. The minimum atomic E-state index is -0.178. The number of carbonyl (C=O) groups excluding carboxylic acids is 1. The number of carbonyl (C=O) groups is 1. The molecule has 0 saturated carbocycles. The summed E-state index contributed by atoms with van der Waals surface area (Å²) in [6.45, 7) is 0. The highest BCUT2D eigenvalue weighted by Gasteiger charge is 2.10. The van der Waals surface area contributed by atoms with Crippen LogP contribution in [-0.2, 0) is 0 Å². The SMILES string of the molecule is O=C(Nc1cn[nH]c1)c1cc2cc(I)ccc2[nH]1. The van der Waals surface area contributed by atoms with E-state index in [1.807, 2.05) is 24.3 Å². The summed E-state index contributed by atoms with van der Waals surface area (Å²) in [5, 5.41) is 10.2. The first-order valence-electron chi connectivity index (χ1n) is 5.31. The van der Waals surface area contributed by atoms with Crippen LogP contribution in [-0.4, -0.2) is 21.1 Å². The summed E-state index contributed by atoms with van der Waals surface area (Å²) in [5.41, 5.74) is 2.13. The first-order chi connectivity index (χ1) is 8.72. The number of hydrogen-bond donors (Lipinski definition) is 3. The van der Waals surface area contributed by atoms with Gasteiger partial charge in [0.25, 0.3) is 5.91 Å². The number of halogens is 1. The van der Waals surface area contributed by atoms with Gasteiger partial charge in [0.2, 0.25) is 0 Å². The van der Waals surface area contributed by atoms with Gasteiger partial charge in [0.1, 0.15) is 5.69 Å². The van der Waals surface area contributed by atoms with E-state index in [0.29, 0.717) is 11.4 Å². The average Bonchev–Trinajstić information content (AvgIpc) is 2.96. The number of nitrogens with zero attached hydrogens (tertiary/aromatic N) is 1. The second kappa shape index (κ2) is 4.45. The van der Waals surface area contributed by atoms with Crippen LogP contribution in [0.3, 0.4) is 0 Å². The Morgan fingerprint density at radius 2 is 2.22 bits per heavy atom. The van der Waals surface area contributed by atoms with Gasteiger partial charge in [-0.3, -0.25) is 9.89 Å². The van der Waals surface area contributed by atoms with E-state index in [-0.39, 0.29) is 5.91 Å². The number of amides is 1. The Hall–Kier alpha value is -1.83. The number of H-pyrrole nitrogens is 2. The zero-order valence-electron chi connectivity index (χ0n) is 9.20. The molecule has 6 heteroatoms. The van der Waals surface area contributed by atoms with Crippen LogP contribution in [0.5, 0.6) is 0 Å². The van der Waals surface area contributed by atoms with Crippen molar-refractivity contribution in [1.29, 1.82) is 0 Å². The van der Waals surface area contributed by atoms with Crippen LogP contribution in [0, 0.1) is 3.57 Å². The second-order valence-electron chi connectivity index (χ2n) is 3.86. The standard InChI is InChI=1S/C12H9IN4O/c13-8-1-2-10-7(3-8)4-11(17-10)12(18)16-9-5-14-15-6-9/h1-6,17H,(H,14,15)(H,16,18). The van der Waals surface area contributed by atoms with E-state index in [1.54, 1.807) is 12.4 Å². The van der Waals surface area contributed by atoms with E-state index >= 15 is 0 Å². The minimum Gasteiger partial charge on any atom is -0.351 e. The van der Waals surface area contributed by atoms with Crippen molar-refractivity contribution in [2.24, 2.45) is 0 Å². The highest BCUT2D eigenvalue weighted by atomic mass is 127. The quantitative estimate of drug-likeness (QED) is 0.621. The third-order valence-electron chi connectivity index (χ3n) is 2.58. The molecule has 18 heavy (non-hydrogen) atoms. The topological polar surface area (TPSA) is 73.6 Å². The van der Waals surface area contributed by atoms with Gasteiger partial charge in [-0.05, 0) is 46.9 Å². The maximum atomic E-state index is 12.0. The molecule has 1 amide bonds. The summed E-state index contributed by atoms with van der Waals surface area (Å²) in [4.78, 5) is 15.1. The average molecular weight is 352 g/mol. The Morgan fingerprint density at radius 3 is 3.00 bits per heavy atom. The summed E-state index contributed by atoms with van der Waals surface area (Å²) in [5.74, 6) is -0.178. The highest BCUT2D eigenvalue weighted by Crippen LogP contribution is 2.19. The number of nitrogens with one attached hydrogen (secondary N) is 3. The van der Waals surface area contributed by atoms with Crippen molar-refractivity contribution in [2.45, 2.75) is 0 Å². The molecular weight excluding hydrogens is 343 g/mol. The first-order valence-corrected chi connectivity index (χ1v) is 6.39. The third-order valence-corrected chi connectivity index (χ3v) is 3.25. The fourth-order valence-electron chi connectivity index (χ4n) is 1.74. The molecule has 1 aromatic carbocycles. The first kappa shape index (κ1) is 11.3. The molecule has 0 unspecified atom stereocenters. The summed E-state index contributed by atoms with van der Waals surface area (Å²) in [6, 6.07) is 7.83. The molecule has 0 spiro atoms. The minimum absolute atomic E-state index is 0.178. The lowest BCUT2D eigenvalue weighted by Crippen LogP contribution is -2.11. The zero-order chi connectivity index (χ0) is 12.5. The Balaban J connectivity index is 1.92. The highest BCUT2D eigenvalue weighted by molar-refractivity contribution is 14.1. The Kier molecular flexibility index (Phi) is 2.78. The van der Waals surface area contributed by atoms with E-state index in [9.17, 15) is 4.79 Å². The molecular formula is C12H9IN4O. The maximum Gasteiger partial charge on any atom is 0.272 e. The molecule has 3 aromatic rings. The normalized spacial score (nSPS) is 10.7. The molecule has 0 aliphatic heterocycles. The molecule has 0 aliphatic rings. The van der Waals surface area contributed by atoms with Gasteiger partial charge in [-0.2, -0.15) is 5.10 Å². The van der Waals surface area contributed by atoms with Crippen LogP contribution in [0.2, 0.25) is 0 Å². The van der Waals surface area contributed by atoms with Gasteiger partial charge in [0.15, 0.2) is 0 Å². The molecule has 3 rings (SSSR count).